The summed E-state index contributed by atoms with van der Waals surface area (Å²) in [5.74, 6) is 0.963. The highest BCUT2D eigenvalue weighted by Crippen LogP contribution is 2.30. The first-order valence-electron chi connectivity index (χ1n) is 6.07. The van der Waals surface area contributed by atoms with Crippen molar-refractivity contribution in [1.82, 2.24) is 0 Å². The number of allylic oxidation sites excluding steroid dienone is 1. The molecule has 0 atom stereocenters. The Hall–Kier alpha value is -1.04. The molecule has 1 fully saturated rings. The molecule has 0 unspecified atom stereocenters. The summed E-state index contributed by atoms with van der Waals surface area (Å²) < 4.78 is 0. The van der Waals surface area contributed by atoms with Crippen molar-refractivity contribution in [2.75, 3.05) is 0 Å². The van der Waals surface area contributed by atoms with Crippen LogP contribution in [-0.2, 0) is 0 Å². The summed E-state index contributed by atoms with van der Waals surface area (Å²) in [5, 5.41) is 0. The summed E-state index contributed by atoms with van der Waals surface area (Å²) >= 11 is 0. The Balaban J connectivity index is 1.95. The maximum absolute atomic E-state index is 2.33. The maximum Gasteiger partial charge on any atom is -0.0257 e. The normalized spacial score (nSPS) is 18.3. The lowest BCUT2D eigenvalue weighted by molar-refractivity contribution is 0.545. The zero-order chi connectivity index (χ0) is 10.5. The number of rotatable bonds is 3. The van der Waals surface area contributed by atoms with Gasteiger partial charge in [0.25, 0.3) is 0 Å². The van der Waals surface area contributed by atoms with Gasteiger partial charge in [0.2, 0.25) is 0 Å². The predicted octanol–water partition coefficient (Wildman–Crippen LogP) is 4.67. The third-order valence-corrected chi connectivity index (χ3v) is 3.30. The molecule has 0 heteroatoms. The molecular weight excluding hydrogens is 180 g/mol. The van der Waals surface area contributed by atoms with Crippen LogP contribution in [-0.4, -0.2) is 0 Å². The molecule has 0 heterocycles. The molecule has 15 heavy (non-hydrogen) atoms. The van der Waals surface area contributed by atoms with Gasteiger partial charge in [-0.05, 0) is 24.8 Å². The topological polar surface area (TPSA) is 0 Å². The molecular formula is C15H20. The van der Waals surface area contributed by atoms with Crippen LogP contribution in [0.4, 0.5) is 0 Å². The standard InChI is InChI=1S/C15H20/c1-13(12-15-9-5-6-10-15)11-14-7-3-2-4-8-14/h2-4,7-8,11,15H,5-6,9-10,12H2,1H3. The fourth-order valence-electron chi connectivity index (χ4n) is 2.56. The van der Waals surface area contributed by atoms with Crippen LogP contribution in [0.25, 0.3) is 6.08 Å². The first-order valence-corrected chi connectivity index (χ1v) is 6.07. The van der Waals surface area contributed by atoms with Gasteiger partial charge in [-0.2, -0.15) is 0 Å². The molecule has 0 nitrogen and oxygen atoms in total. The number of hydrogen-bond donors (Lipinski definition) is 0. The van der Waals surface area contributed by atoms with Crippen LogP contribution in [0.3, 0.4) is 0 Å². The SMILES string of the molecule is CC(=Cc1ccccc1)CC1CCCC1. The molecule has 1 aliphatic rings. The van der Waals surface area contributed by atoms with E-state index >= 15 is 0 Å². The summed E-state index contributed by atoms with van der Waals surface area (Å²) in [7, 11) is 0. The summed E-state index contributed by atoms with van der Waals surface area (Å²) in [6.07, 6.45) is 9.42. The average Bonchev–Trinajstić information content (AvgIpc) is 2.71. The van der Waals surface area contributed by atoms with Gasteiger partial charge in [-0.25, -0.2) is 0 Å². The van der Waals surface area contributed by atoms with E-state index in [1.807, 2.05) is 0 Å². The molecule has 0 N–H and O–H groups in total. The van der Waals surface area contributed by atoms with E-state index in [9.17, 15) is 0 Å². The van der Waals surface area contributed by atoms with Crippen molar-refractivity contribution >= 4 is 6.08 Å². The van der Waals surface area contributed by atoms with Crippen molar-refractivity contribution in [3.63, 3.8) is 0 Å². The lowest BCUT2D eigenvalue weighted by Gasteiger charge is -2.08. The van der Waals surface area contributed by atoms with Crippen LogP contribution < -0.4 is 0 Å². The fraction of sp³-hybridized carbons (Fsp3) is 0.467. The second-order valence-corrected chi connectivity index (χ2v) is 4.76. The second-order valence-electron chi connectivity index (χ2n) is 4.76. The quantitative estimate of drug-likeness (QED) is 0.665. The van der Waals surface area contributed by atoms with Gasteiger partial charge in [0, 0.05) is 0 Å². The second kappa shape index (κ2) is 5.16. The molecule has 0 spiro atoms. The van der Waals surface area contributed by atoms with E-state index < -0.39 is 0 Å². The Morgan fingerprint density at radius 2 is 1.87 bits per heavy atom. The van der Waals surface area contributed by atoms with E-state index in [0.717, 1.165) is 5.92 Å². The molecule has 0 aromatic heterocycles. The lowest BCUT2D eigenvalue weighted by atomic mass is 9.97. The molecule has 1 aliphatic carbocycles. The Morgan fingerprint density at radius 3 is 2.53 bits per heavy atom. The molecule has 1 aromatic carbocycles. The Labute approximate surface area is 93.0 Å². The molecule has 1 saturated carbocycles. The molecule has 80 valence electrons. The van der Waals surface area contributed by atoms with Crippen LogP contribution >= 0.6 is 0 Å². The van der Waals surface area contributed by atoms with Gasteiger partial charge in [0.1, 0.15) is 0 Å². The minimum absolute atomic E-state index is 0.963. The third kappa shape index (κ3) is 3.23. The van der Waals surface area contributed by atoms with Gasteiger partial charge in [-0.15, -0.1) is 0 Å². The van der Waals surface area contributed by atoms with E-state index in [1.165, 1.54) is 43.2 Å². The fourth-order valence-corrected chi connectivity index (χ4v) is 2.56. The summed E-state index contributed by atoms with van der Waals surface area (Å²) in [6.45, 7) is 2.27. The molecule has 0 aliphatic heterocycles. The average molecular weight is 200 g/mol. The van der Waals surface area contributed by atoms with E-state index in [0.29, 0.717) is 0 Å². The van der Waals surface area contributed by atoms with Gasteiger partial charge in [0.15, 0.2) is 0 Å². The highest BCUT2D eigenvalue weighted by Gasteiger charge is 2.14. The monoisotopic (exact) mass is 200 g/mol. The minimum atomic E-state index is 0.963. The Bertz CT molecular complexity index is 315. The number of hydrogen-bond acceptors (Lipinski definition) is 0. The van der Waals surface area contributed by atoms with E-state index in [1.54, 1.807) is 0 Å². The molecule has 0 amide bonds. The zero-order valence-electron chi connectivity index (χ0n) is 9.58. The minimum Gasteiger partial charge on any atom is -0.0725 e. The first-order chi connectivity index (χ1) is 7.34. The third-order valence-electron chi connectivity index (χ3n) is 3.30. The van der Waals surface area contributed by atoms with E-state index in [2.05, 4.69) is 43.3 Å². The number of benzene rings is 1. The Morgan fingerprint density at radius 1 is 1.20 bits per heavy atom. The highest BCUT2D eigenvalue weighted by molar-refractivity contribution is 5.51. The van der Waals surface area contributed by atoms with E-state index in [-0.39, 0.29) is 0 Å². The summed E-state index contributed by atoms with van der Waals surface area (Å²) in [4.78, 5) is 0. The van der Waals surface area contributed by atoms with Gasteiger partial charge in [0.05, 0.1) is 0 Å². The van der Waals surface area contributed by atoms with Crippen LogP contribution in [0.2, 0.25) is 0 Å². The molecule has 0 saturated heterocycles. The van der Waals surface area contributed by atoms with Crippen molar-refractivity contribution in [3.05, 3.63) is 41.5 Å². The van der Waals surface area contributed by atoms with Crippen molar-refractivity contribution in [2.45, 2.75) is 39.0 Å². The van der Waals surface area contributed by atoms with Crippen LogP contribution in [0, 0.1) is 5.92 Å². The van der Waals surface area contributed by atoms with Crippen LogP contribution in [0.1, 0.15) is 44.6 Å². The molecule has 1 aromatic rings. The zero-order valence-corrected chi connectivity index (χ0v) is 9.58. The molecule has 0 radical (unpaired) electrons. The van der Waals surface area contributed by atoms with Gasteiger partial charge >= 0.3 is 0 Å². The van der Waals surface area contributed by atoms with Gasteiger partial charge in [-0.3, -0.25) is 0 Å². The van der Waals surface area contributed by atoms with Crippen molar-refractivity contribution in [2.24, 2.45) is 5.92 Å². The first kappa shape index (κ1) is 10.5. The molecule has 0 bridgehead atoms. The lowest BCUT2D eigenvalue weighted by Crippen LogP contribution is -1.93. The van der Waals surface area contributed by atoms with Crippen molar-refractivity contribution < 1.29 is 0 Å². The smallest absolute Gasteiger partial charge is 0.0257 e. The summed E-state index contributed by atoms with van der Waals surface area (Å²) in [5.41, 5.74) is 2.88. The van der Waals surface area contributed by atoms with Crippen LogP contribution in [0.15, 0.2) is 35.9 Å². The largest absolute Gasteiger partial charge is 0.0725 e. The Kier molecular flexibility index (Phi) is 3.60. The highest BCUT2D eigenvalue weighted by atomic mass is 14.2. The van der Waals surface area contributed by atoms with Crippen LogP contribution in [0.5, 0.6) is 0 Å². The molecule has 2 rings (SSSR count). The van der Waals surface area contributed by atoms with E-state index in [4.69, 9.17) is 0 Å². The van der Waals surface area contributed by atoms with Crippen molar-refractivity contribution in [1.29, 1.82) is 0 Å². The predicted molar refractivity (Wildman–Crippen MR) is 66.7 cm³/mol. The van der Waals surface area contributed by atoms with Crippen molar-refractivity contribution in [3.8, 4) is 0 Å². The maximum atomic E-state index is 2.33. The van der Waals surface area contributed by atoms with Gasteiger partial charge < -0.3 is 0 Å². The van der Waals surface area contributed by atoms with Gasteiger partial charge in [-0.1, -0.05) is 67.7 Å². The summed E-state index contributed by atoms with van der Waals surface area (Å²) in [6, 6.07) is 10.6.